The van der Waals surface area contributed by atoms with Gasteiger partial charge in [-0.15, -0.1) is 0 Å². The Hall–Kier alpha value is -1.26. The van der Waals surface area contributed by atoms with Gasteiger partial charge in [-0.25, -0.2) is 0 Å². The molecule has 116 valence electrons. The van der Waals surface area contributed by atoms with Crippen molar-refractivity contribution < 1.29 is 9.47 Å². The number of likely N-dealkylation sites (tertiary alicyclic amines) is 1. The molecular formula is C17H26N2O2. The molecule has 0 radical (unpaired) electrons. The summed E-state index contributed by atoms with van der Waals surface area (Å²) in [7, 11) is 0. The summed E-state index contributed by atoms with van der Waals surface area (Å²) >= 11 is 0. The van der Waals surface area contributed by atoms with Crippen LogP contribution in [0.3, 0.4) is 0 Å². The molecule has 1 atom stereocenters. The number of piperidine rings is 1. The number of nitrogens with one attached hydrogen (secondary N) is 1. The van der Waals surface area contributed by atoms with Crippen LogP contribution in [0.5, 0.6) is 11.5 Å². The van der Waals surface area contributed by atoms with Crippen LogP contribution in [0.25, 0.3) is 0 Å². The van der Waals surface area contributed by atoms with E-state index in [1.54, 1.807) is 0 Å². The fourth-order valence-electron chi connectivity index (χ4n) is 3.07. The standard InChI is InChI=1S/C17H26N2O2/c1-14(18-7-10-19-8-3-2-4-9-19)15-5-6-16-17(13-15)21-12-11-20-16/h5-6,13-14,18H,2-4,7-12H2,1H3. The van der Waals surface area contributed by atoms with Crippen molar-refractivity contribution in [2.24, 2.45) is 0 Å². The van der Waals surface area contributed by atoms with Crippen LogP contribution in [-0.2, 0) is 0 Å². The van der Waals surface area contributed by atoms with Gasteiger partial charge in [-0.1, -0.05) is 12.5 Å². The Bertz CT molecular complexity index is 458. The predicted octanol–water partition coefficient (Wildman–Crippen LogP) is 2.59. The van der Waals surface area contributed by atoms with Crippen LogP contribution in [0, 0.1) is 0 Å². The van der Waals surface area contributed by atoms with Gasteiger partial charge in [0.15, 0.2) is 11.5 Å². The molecule has 4 heteroatoms. The highest BCUT2D eigenvalue weighted by atomic mass is 16.6. The molecule has 3 rings (SSSR count). The highest BCUT2D eigenvalue weighted by Crippen LogP contribution is 2.32. The van der Waals surface area contributed by atoms with Crippen molar-refractivity contribution in [1.29, 1.82) is 0 Å². The smallest absolute Gasteiger partial charge is 0.161 e. The average molecular weight is 290 g/mol. The number of hydrogen-bond donors (Lipinski definition) is 1. The third-order valence-electron chi connectivity index (χ3n) is 4.39. The van der Waals surface area contributed by atoms with E-state index in [-0.39, 0.29) is 0 Å². The van der Waals surface area contributed by atoms with Crippen molar-refractivity contribution >= 4 is 0 Å². The van der Waals surface area contributed by atoms with Gasteiger partial charge in [0.25, 0.3) is 0 Å². The van der Waals surface area contributed by atoms with Gasteiger partial charge in [0.05, 0.1) is 0 Å². The predicted molar refractivity (Wildman–Crippen MR) is 84.1 cm³/mol. The van der Waals surface area contributed by atoms with Crippen molar-refractivity contribution in [3.63, 3.8) is 0 Å². The molecule has 1 unspecified atom stereocenters. The number of hydrogen-bond acceptors (Lipinski definition) is 4. The maximum absolute atomic E-state index is 5.65. The van der Waals surface area contributed by atoms with Gasteiger partial charge in [-0.2, -0.15) is 0 Å². The fourth-order valence-corrected chi connectivity index (χ4v) is 3.07. The largest absolute Gasteiger partial charge is 0.486 e. The third-order valence-corrected chi connectivity index (χ3v) is 4.39. The summed E-state index contributed by atoms with van der Waals surface area (Å²) in [5.41, 5.74) is 1.26. The molecule has 0 aliphatic carbocycles. The maximum atomic E-state index is 5.65. The van der Waals surface area contributed by atoms with E-state index in [0.29, 0.717) is 19.3 Å². The first-order valence-electron chi connectivity index (χ1n) is 8.18. The third kappa shape index (κ3) is 3.89. The minimum atomic E-state index is 0.339. The molecule has 1 N–H and O–H groups in total. The number of rotatable bonds is 5. The lowest BCUT2D eigenvalue weighted by Crippen LogP contribution is -2.36. The molecule has 0 amide bonds. The molecule has 0 bridgehead atoms. The van der Waals surface area contributed by atoms with Crippen LogP contribution in [0.15, 0.2) is 18.2 Å². The second kappa shape index (κ2) is 7.14. The van der Waals surface area contributed by atoms with E-state index in [4.69, 9.17) is 9.47 Å². The van der Waals surface area contributed by atoms with Crippen molar-refractivity contribution in [3.8, 4) is 11.5 Å². The second-order valence-corrected chi connectivity index (χ2v) is 5.98. The van der Waals surface area contributed by atoms with Crippen LogP contribution < -0.4 is 14.8 Å². The Morgan fingerprint density at radius 1 is 1.10 bits per heavy atom. The molecule has 21 heavy (non-hydrogen) atoms. The molecule has 1 aromatic carbocycles. The summed E-state index contributed by atoms with van der Waals surface area (Å²) in [5, 5.41) is 3.61. The minimum Gasteiger partial charge on any atom is -0.486 e. The monoisotopic (exact) mass is 290 g/mol. The van der Waals surface area contributed by atoms with Gasteiger partial charge in [0.1, 0.15) is 13.2 Å². The quantitative estimate of drug-likeness (QED) is 0.904. The Balaban J connectivity index is 1.49. The summed E-state index contributed by atoms with van der Waals surface area (Å²) in [4.78, 5) is 2.56. The van der Waals surface area contributed by atoms with Gasteiger partial charge in [-0.3, -0.25) is 0 Å². The SMILES string of the molecule is CC(NCCN1CCCCC1)c1ccc2c(c1)OCCO2. The minimum absolute atomic E-state index is 0.339. The van der Waals surface area contributed by atoms with Crippen molar-refractivity contribution in [3.05, 3.63) is 23.8 Å². The first-order valence-corrected chi connectivity index (χ1v) is 8.18. The van der Waals surface area contributed by atoms with Crippen molar-refractivity contribution in [2.45, 2.75) is 32.2 Å². The van der Waals surface area contributed by atoms with E-state index in [9.17, 15) is 0 Å². The number of fused-ring (bicyclic) bond motifs is 1. The molecule has 1 fully saturated rings. The van der Waals surface area contributed by atoms with Crippen LogP contribution in [-0.4, -0.2) is 44.3 Å². The molecule has 2 aliphatic rings. The van der Waals surface area contributed by atoms with E-state index in [0.717, 1.165) is 24.6 Å². The van der Waals surface area contributed by atoms with E-state index in [2.05, 4.69) is 29.3 Å². The molecule has 0 aromatic heterocycles. The van der Waals surface area contributed by atoms with Crippen molar-refractivity contribution in [2.75, 3.05) is 39.4 Å². The van der Waals surface area contributed by atoms with Gasteiger partial charge in [0.2, 0.25) is 0 Å². The van der Waals surface area contributed by atoms with Crippen LogP contribution in [0.4, 0.5) is 0 Å². The molecule has 1 aromatic rings. The Labute approximate surface area is 127 Å². The topological polar surface area (TPSA) is 33.7 Å². The summed E-state index contributed by atoms with van der Waals surface area (Å²) < 4.78 is 11.2. The van der Waals surface area contributed by atoms with Crippen LogP contribution in [0.2, 0.25) is 0 Å². The molecule has 2 heterocycles. The fraction of sp³-hybridized carbons (Fsp3) is 0.647. The van der Waals surface area contributed by atoms with Crippen molar-refractivity contribution in [1.82, 2.24) is 10.2 Å². The lowest BCUT2D eigenvalue weighted by atomic mass is 10.1. The molecule has 0 saturated carbocycles. The van der Waals surface area contributed by atoms with E-state index in [1.807, 2.05) is 6.07 Å². The van der Waals surface area contributed by atoms with Gasteiger partial charge < -0.3 is 19.7 Å². The Morgan fingerprint density at radius 3 is 2.67 bits per heavy atom. The number of nitrogens with zero attached hydrogens (tertiary/aromatic N) is 1. The zero-order chi connectivity index (χ0) is 14.5. The molecule has 1 saturated heterocycles. The molecular weight excluding hydrogens is 264 g/mol. The average Bonchev–Trinajstić information content (AvgIpc) is 2.55. The Morgan fingerprint density at radius 2 is 1.86 bits per heavy atom. The lowest BCUT2D eigenvalue weighted by molar-refractivity contribution is 0.171. The second-order valence-electron chi connectivity index (χ2n) is 5.98. The zero-order valence-electron chi connectivity index (χ0n) is 12.9. The first kappa shape index (κ1) is 14.7. The van der Waals surface area contributed by atoms with Crippen LogP contribution >= 0.6 is 0 Å². The summed E-state index contributed by atoms with van der Waals surface area (Å²) in [6.07, 6.45) is 4.12. The molecule has 2 aliphatic heterocycles. The normalized spacial score (nSPS) is 20.2. The maximum Gasteiger partial charge on any atom is 0.161 e. The first-order chi connectivity index (χ1) is 10.3. The number of ether oxygens (including phenoxy) is 2. The van der Waals surface area contributed by atoms with E-state index < -0.39 is 0 Å². The van der Waals surface area contributed by atoms with Crippen LogP contribution in [0.1, 0.15) is 37.8 Å². The molecule has 0 spiro atoms. The molecule has 4 nitrogen and oxygen atoms in total. The number of benzene rings is 1. The zero-order valence-corrected chi connectivity index (χ0v) is 12.9. The highest BCUT2D eigenvalue weighted by Gasteiger charge is 2.15. The van der Waals surface area contributed by atoms with E-state index >= 15 is 0 Å². The highest BCUT2D eigenvalue weighted by molar-refractivity contribution is 5.44. The van der Waals surface area contributed by atoms with E-state index in [1.165, 1.54) is 37.9 Å². The summed E-state index contributed by atoms with van der Waals surface area (Å²) in [5.74, 6) is 1.74. The summed E-state index contributed by atoms with van der Waals surface area (Å²) in [6.45, 7) is 8.22. The Kier molecular flexibility index (Phi) is 4.99. The van der Waals surface area contributed by atoms with Gasteiger partial charge in [0, 0.05) is 19.1 Å². The summed E-state index contributed by atoms with van der Waals surface area (Å²) in [6, 6.07) is 6.59. The lowest BCUT2D eigenvalue weighted by Gasteiger charge is -2.27. The van der Waals surface area contributed by atoms with Gasteiger partial charge in [-0.05, 0) is 50.6 Å². The van der Waals surface area contributed by atoms with Gasteiger partial charge >= 0.3 is 0 Å².